The zero-order valence-electron chi connectivity index (χ0n) is 10.9. The van der Waals surface area contributed by atoms with E-state index < -0.39 is 0 Å². The van der Waals surface area contributed by atoms with Crippen LogP contribution in [0, 0.1) is 0 Å². The third-order valence-corrected chi connectivity index (χ3v) is 3.63. The van der Waals surface area contributed by atoms with Crippen molar-refractivity contribution < 1.29 is 0 Å². The molecule has 0 saturated heterocycles. The molecule has 0 aliphatic heterocycles. The minimum atomic E-state index is 0.538. The zero-order valence-corrected chi connectivity index (χ0v) is 12.5. The van der Waals surface area contributed by atoms with Crippen LogP contribution in [0.1, 0.15) is 25.3 Å². The van der Waals surface area contributed by atoms with Crippen molar-refractivity contribution in [1.29, 1.82) is 0 Å². The van der Waals surface area contributed by atoms with Gasteiger partial charge in [0.2, 0.25) is 0 Å². The Kier molecular flexibility index (Phi) is 4.02. The van der Waals surface area contributed by atoms with Gasteiger partial charge in [-0.05, 0) is 51.7 Å². The quantitative estimate of drug-likeness (QED) is 0.814. The average molecular weight is 305 g/mol. The van der Waals surface area contributed by atoms with Gasteiger partial charge in [0.15, 0.2) is 0 Å². The van der Waals surface area contributed by atoms with Gasteiger partial charge in [0, 0.05) is 17.7 Å². The minimum absolute atomic E-state index is 0.538. The van der Waals surface area contributed by atoms with Gasteiger partial charge >= 0.3 is 0 Å². The van der Waals surface area contributed by atoms with E-state index in [9.17, 15) is 0 Å². The molecule has 0 amide bonds. The van der Waals surface area contributed by atoms with Gasteiger partial charge in [-0.15, -0.1) is 0 Å². The summed E-state index contributed by atoms with van der Waals surface area (Å²) in [7, 11) is 2.03. The second-order valence-electron chi connectivity index (χ2n) is 4.61. The fourth-order valence-corrected chi connectivity index (χ4v) is 2.49. The Morgan fingerprint density at radius 2 is 1.94 bits per heavy atom. The first-order chi connectivity index (χ1) is 8.59. The number of hydrogen-bond donors (Lipinski definition) is 0. The Morgan fingerprint density at radius 3 is 2.50 bits per heavy atom. The fraction of sp³-hybridized carbons (Fsp3) is 0.267. The van der Waals surface area contributed by atoms with Crippen molar-refractivity contribution in [3.63, 3.8) is 0 Å². The number of anilines is 2. The van der Waals surface area contributed by atoms with Crippen LogP contribution in [0.2, 0.25) is 0 Å². The van der Waals surface area contributed by atoms with E-state index in [1.165, 1.54) is 5.56 Å². The van der Waals surface area contributed by atoms with E-state index in [-0.39, 0.29) is 0 Å². The summed E-state index contributed by atoms with van der Waals surface area (Å²) in [6, 6.07) is 12.4. The van der Waals surface area contributed by atoms with E-state index >= 15 is 0 Å². The molecule has 0 fully saturated rings. The standard InChI is InChI=1S/C15H17BrN2/c1-11(2)12-7-8-14(13(16)10-12)18(3)15-6-4-5-9-17-15/h4-11H,1-3H3. The molecule has 0 spiro atoms. The summed E-state index contributed by atoms with van der Waals surface area (Å²) in [5, 5.41) is 0. The van der Waals surface area contributed by atoms with Gasteiger partial charge in [-0.25, -0.2) is 4.98 Å². The highest BCUT2D eigenvalue weighted by atomic mass is 79.9. The van der Waals surface area contributed by atoms with Crippen LogP contribution < -0.4 is 4.90 Å². The second kappa shape index (κ2) is 5.53. The van der Waals surface area contributed by atoms with Crippen molar-refractivity contribution >= 4 is 27.4 Å². The van der Waals surface area contributed by atoms with Gasteiger partial charge in [0.25, 0.3) is 0 Å². The van der Waals surface area contributed by atoms with Crippen LogP contribution in [0.3, 0.4) is 0 Å². The molecule has 3 heteroatoms. The van der Waals surface area contributed by atoms with Gasteiger partial charge in [-0.1, -0.05) is 26.0 Å². The fourth-order valence-electron chi connectivity index (χ4n) is 1.83. The number of halogens is 1. The first-order valence-electron chi connectivity index (χ1n) is 6.04. The van der Waals surface area contributed by atoms with Gasteiger partial charge in [-0.3, -0.25) is 0 Å². The van der Waals surface area contributed by atoms with Crippen molar-refractivity contribution in [1.82, 2.24) is 4.98 Å². The smallest absolute Gasteiger partial charge is 0.132 e. The molecule has 0 bridgehead atoms. The summed E-state index contributed by atoms with van der Waals surface area (Å²) < 4.78 is 1.10. The Hall–Kier alpha value is -1.35. The van der Waals surface area contributed by atoms with Crippen LogP contribution in [0.4, 0.5) is 11.5 Å². The molecule has 0 atom stereocenters. The van der Waals surface area contributed by atoms with E-state index in [1.54, 1.807) is 0 Å². The first-order valence-corrected chi connectivity index (χ1v) is 6.83. The molecule has 1 heterocycles. The summed E-state index contributed by atoms with van der Waals surface area (Å²) in [5.41, 5.74) is 2.46. The molecule has 0 unspecified atom stereocenters. The zero-order chi connectivity index (χ0) is 13.1. The lowest BCUT2D eigenvalue weighted by molar-refractivity contribution is 0.865. The van der Waals surface area contributed by atoms with E-state index in [1.807, 2.05) is 31.4 Å². The monoisotopic (exact) mass is 304 g/mol. The molecule has 0 radical (unpaired) electrons. The van der Waals surface area contributed by atoms with Crippen molar-refractivity contribution in [3.05, 3.63) is 52.6 Å². The molecular formula is C15H17BrN2. The third-order valence-electron chi connectivity index (χ3n) is 2.99. The number of rotatable bonds is 3. The Morgan fingerprint density at radius 1 is 1.17 bits per heavy atom. The third kappa shape index (κ3) is 2.72. The SMILES string of the molecule is CC(C)c1ccc(N(C)c2ccccn2)c(Br)c1. The molecule has 2 nitrogen and oxygen atoms in total. The summed E-state index contributed by atoms with van der Waals surface area (Å²) >= 11 is 3.64. The van der Waals surface area contributed by atoms with Crippen molar-refractivity contribution in [3.8, 4) is 0 Å². The highest BCUT2D eigenvalue weighted by molar-refractivity contribution is 9.10. The number of benzene rings is 1. The summed E-state index contributed by atoms with van der Waals surface area (Å²) in [5.74, 6) is 1.48. The summed E-state index contributed by atoms with van der Waals surface area (Å²) in [6.07, 6.45) is 1.81. The van der Waals surface area contributed by atoms with E-state index in [0.717, 1.165) is 16.0 Å². The van der Waals surface area contributed by atoms with E-state index in [0.29, 0.717) is 5.92 Å². The lowest BCUT2D eigenvalue weighted by atomic mass is 10.0. The van der Waals surface area contributed by atoms with Crippen molar-refractivity contribution in [2.24, 2.45) is 0 Å². The van der Waals surface area contributed by atoms with Gasteiger partial charge in [0.05, 0.1) is 5.69 Å². The Balaban J connectivity index is 2.34. The maximum absolute atomic E-state index is 4.36. The normalized spacial score (nSPS) is 10.7. The largest absolute Gasteiger partial charge is 0.328 e. The Labute approximate surface area is 117 Å². The van der Waals surface area contributed by atoms with Crippen LogP contribution in [0.25, 0.3) is 0 Å². The first kappa shape index (κ1) is 13.1. The molecule has 0 N–H and O–H groups in total. The molecule has 0 aliphatic carbocycles. The summed E-state index contributed by atoms with van der Waals surface area (Å²) in [4.78, 5) is 6.44. The van der Waals surface area contributed by atoms with E-state index in [4.69, 9.17) is 0 Å². The highest BCUT2D eigenvalue weighted by Gasteiger charge is 2.10. The van der Waals surface area contributed by atoms with Crippen LogP contribution in [0.5, 0.6) is 0 Å². The maximum Gasteiger partial charge on any atom is 0.132 e. The van der Waals surface area contributed by atoms with Gasteiger partial charge in [0.1, 0.15) is 5.82 Å². The molecule has 0 saturated carbocycles. The molecule has 0 aliphatic rings. The topological polar surface area (TPSA) is 16.1 Å². The van der Waals surface area contributed by atoms with Crippen molar-refractivity contribution in [2.45, 2.75) is 19.8 Å². The molecule has 18 heavy (non-hydrogen) atoms. The van der Waals surface area contributed by atoms with Crippen LogP contribution >= 0.6 is 15.9 Å². The highest BCUT2D eigenvalue weighted by Crippen LogP contribution is 2.32. The molecule has 1 aromatic heterocycles. The predicted molar refractivity (Wildman–Crippen MR) is 80.5 cm³/mol. The van der Waals surface area contributed by atoms with E-state index in [2.05, 4.69) is 57.9 Å². The number of hydrogen-bond acceptors (Lipinski definition) is 2. The van der Waals surface area contributed by atoms with Gasteiger partial charge in [-0.2, -0.15) is 0 Å². The number of nitrogens with zero attached hydrogens (tertiary/aromatic N) is 2. The van der Waals surface area contributed by atoms with Gasteiger partial charge < -0.3 is 4.90 Å². The Bertz CT molecular complexity index is 523. The molecule has 2 aromatic rings. The van der Waals surface area contributed by atoms with Crippen molar-refractivity contribution in [2.75, 3.05) is 11.9 Å². The molecular weight excluding hydrogens is 288 g/mol. The lowest BCUT2D eigenvalue weighted by Crippen LogP contribution is -2.11. The minimum Gasteiger partial charge on any atom is -0.328 e. The van der Waals surface area contributed by atoms with Crippen LogP contribution in [0.15, 0.2) is 47.1 Å². The number of aromatic nitrogens is 1. The van der Waals surface area contributed by atoms with Crippen LogP contribution in [-0.2, 0) is 0 Å². The molecule has 94 valence electrons. The molecule has 2 rings (SSSR count). The maximum atomic E-state index is 4.36. The van der Waals surface area contributed by atoms with Crippen LogP contribution in [-0.4, -0.2) is 12.0 Å². The number of pyridine rings is 1. The second-order valence-corrected chi connectivity index (χ2v) is 5.47. The average Bonchev–Trinajstić information content (AvgIpc) is 2.38. The molecule has 1 aromatic carbocycles. The predicted octanol–water partition coefficient (Wildman–Crippen LogP) is 4.74. The lowest BCUT2D eigenvalue weighted by Gasteiger charge is -2.20. The summed E-state index contributed by atoms with van der Waals surface area (Å²) in [6.45, 7) is 4.40.